The summed E-state index contributed by atoms with van der Waals surface area (Å²) in [5, 5.41) is 2.82. The van der Waals surface area contributed by atoms with E-state index in [0.29, 0.717) is 17.9 Å². The van der Waals surface area contributed by atoms with Gasteiger partial charge in [-0.15, -0.1) is 0 Å². The zero-order chi connectivity index (χ0) is 29.1. The van der Waals surface area contributed by atoms with E-state index >= 15 is 0 Å². The Kier molecular flexibility index (Phi) is 9.98. The molecule has 3 aromatic rings. The maximum atomic E-state index is 11.6. The van der Waals surface area contributed by atoms with E-state index in [-0.39, 0.29) is 5.91 Å². The molecule has 5 nitrogen and oxygen atoms in total. The topological polar surface area (TPSA) is 44.8 Å². The number of aryl methyl sites for hydroxylation is 6. The van der Waals surface area contributed by atoms with E-state index in [2.05, 4.69) is 87.6 Å². The van der Waals surface area contributed by atoms with Gasteiger partial charge in [-0.25, -0.2) is 0 Å². The van der Waals surface area contributed by atoms with Crippen LogP contribution < -0.4 is 19.9 Å². The average Bonchev–Trinajstić information content (AvgIpc) is 3.31. The summed E-state index contributed by atoms with van der Waals surface area (Å²) in [5.74, 6) is 0.557. The Morgan fingerprint density at radius 3 is 1.88 bits per heavy atom. The summed E-state index contributed by atoms with van der Waals surface area (Å²) in [6.45, 7) is 19.5. The molecular formula is C32H38Cl2N3O2Ru-. The molecule has 2 aliphatic heterocycles. The van der Waals surface area contributed by atoms with Crippen molar-refractivity contribution in [2.45, 2.75) is 61.0 Å². The van der Waals surface area contributed by atoms with E-state index in [0.717, 1.165) is 18.7 Å². The molecular weight excluding hydrogens is 630 g/mol. The maximum Gasteiger partial charge on any atom is 0.0146 e. The number of para-hydroxylation sites is 1. The Bertz CT molecular complexity index is 1340. The number of anilines is 3. The SMILES string of the molecule is CCC1Oc2c([CH]=[Ru]([Cl])[Cl])cccc2NC1=O.Cc1cc(C)c(N2[CH-]N(c3c(C)cc(C)cc3C)CC2)c(C)c1. The molecule has 2 heterocycles. The predicted octanol–water partition coefficient (Wildman–Crippen LogP) is 7.86. The summed E-state index contributed by atoms with van der Waals surface area (Å²) in [6, 6.07) is 14.6. The molecule has 1 saturated heterocycles. The van der Waals surface area contributed by atoms with E-state index in [1.54, 1.807) is 6.07 Å². The summed E-state index contributed by atoms with van der Waals surface area (Å²) >= 11 is -1.91. The van der Waals surface area contributed by atoms with Gasteiger partial charge in [-0.1, -0.05) is 35.4 Å². The Morgan fingerprint density at radius 2 is 1.43 bits per heavy atom. The van der Waals surface area contributed by atoms with Gasteiger partial charge in [-0.05, 0) is 63.8 Å². The van der Waals surface area contributed by atoms with Crippen molar-refractivity contribution in [3.8, 4) is 5.75 Å². The van der Waals surface area contributed by atoms with Crippen molar-refractivity contribution in [1.29, 1.82) is 0 Å². The minimum Gasteiger partial charge on any atom is -0.502 e. The monoisotopic (exact) mass is 668 g/mol. The Balaban J connectivity index is 0.000000194. The molecule has 8 heteroatoms. The molecule has 1 atom stereocenters. The summed E-state index contributed by atoms with van der Waals surface area (Å²) < 4.78 is 7.50. The number of ether oxygens (including phenoxy) is 1. The first-order chi connectivity index (χ1) is 19.0. The van der Waals surface area contributed by atoms with E-state index in [9.17, 15) is 4.79 Å². The molecule has 0 aliphatic carbocycles. The van der Waals surface area contributed by atoms with E-state index in [1.165, 1.54) is 44.8 Å². The number of hydrogen-bond acceptors (Lipinski definition) is 4. The molecule has 216 valence electrons. The van der Waals surface area contributed by atoms with Crippen molar-refractivity contribution < 1.29 is 23.0 Å². The van der Waals surface area contributed by atoms with Crippen molar-refractivity contribution in [3.05, 3.63) is 88.1 Å². The number of nitrogens with one attached hydrogen (secondary N) is 1. The van der Waals surface area contributed by atoms with Crippen molar-refractivity contribution >= 4 is 47.0 Å². The van der Waals surface area contributed by atoms with Crippen LogP contribution in [-0.4, -0.2) is 29.7 Å². The van der Waals surface area contributed by atoms with Crippen LogP contribution in [0.4, 0.5) is 17.1 Å². The quantitative estimate of drug-likeness (QED) is 0.227. The fourth-order valence-corrected chi connectivity index (χ4v) is 7.50. The zero-order valence-electron chi connectivity index (χ0n) is 24.2. The number of rotatable bonds is 4. The number of hydrogen-bond donors (Lipinski definition) is 1. The van der Waals surface area contributed by atoms with E-state index in [1.807, 2.05) is 23.7 Å². The third-order valence-corrected chi connectivity index (χ3v) is 8.95. The second kappa shape index (κ2) is 13.1. The van der Waals surface area contributed by atoms with Gasteiger partial charge in [0.05, 0.1) is 0 Å². The Labute approximate surface area is 251 Å². The van der Waals surface area contributed by atoms with Crippen LogP contribution in [0.25, 0.3) is 0 Å². The van der Waals surface area contributed by atoms with Crippen LogP contribution >= 0.6 is 19.4 Å². The average molecular weight is 669 g/mol. The molecule has 3 aromatic carbocycles. The standard InChI is InChI=1S/C21H27N2.C11H11NO2.2ClH.Ru/c1-14-9-16(3)20(17(4)10-14)22-7-8-23(13-22)21-18(5)11-15(2)12-19(21)6;1-3-9-11(13)12-8-6-4-5-7(2)10(8)14-9;;;/h9-13H,7-8H2,1-6H3;2,4-6,9H,3H2,1H3,(H,12,13);2*1H;/q-1;;;;+2/p-2. The van der Waals surface area contributed by atoms with Crippen molar-refractivity contribution in [1.82, 2.24) is 0 Å². The van der Waals surface area contributed by atoms with Gasteiger partial charge in [0, 0.05) is 24.5 Å². The zero-order valence-corrected chi connectivity index (χ0v) is 27.5. The summed E-state index contributed by atoms with van der Waals surface area (Å²) in [5.41, 5.74) is 12.4. The van der Waals surface area contributed by atoms with Gasteiger partial charge in [0.2, 0.25) is 0 Å². The van der Waals surface area contributed by atoms with Gasteiger partial charge >= 0.3 is 113 Å². The fourth-order valence-electron chi connectivity index (χ4n) is 5.72. The molecule has 0 bridgehead atoms. The van der Waals surface area contributed by atoms with Gasteiger partial charge in [0.1, 0.15) is 0 Å². The number of fused-ring (bicyclic) bond motifs is 1. The number of benzene rings is 3. The minimum atomic E-state index is -1.91. The smallest absolute Gasteiger partial charge is 0.0146 e. The molecule has 0 saturated carbocycles. The van der Waals surface area contributed by atoms with E-state index < -0.39 is 19.6 Å². The molecule has 5 rings (SSSR count). The Morgan fingerprint density at radius 1 is 0.925 bits per heavy atom. The molecule has 1 N–H and O–H groups in total. The predicted molar refractivity (Wildman–Crippen MR) is 167 cm³/mol. The van der Waals surface area contributed by atoms with Crippen molar-refractivity contribution in [2.24, 2.45) is 0 Å². The molecule has 0 spiro atoms. The second-order valence-electron chi connectivity index (χ2n) is 10.5. The van der Waals surface area contributed by atoms with Crippen LogP contribution in [0.5, 0.6) is 5.75 Å². The van der Waals surface area contributed by atoms with Gasteiger partial charge in [-0.2, -0.15) is 6.67 Å². The number of carbonyl (C=O) groups is 1. The van der Waals surface area contributed by atoms with Gasteiger partial charge in [0.25, 0.3) is 0 Å². The number of amides is 1. The molecule has 0 aromatic heterocycles. The first-order valence-corrected chi connectivity index (χ1v) is 18.9. The first kappa shape index (κ1) is 30.6. The molecule has 0 radical (unpaired) electrons. The van der Waals surface area contributed by atoms with Crippen molar-refractivity contribution in [2.75, 3.05) is 28.2 Å². The van der Waals surface area contributed by atoms with E-state index in [4.69, 9.17) is 24.1 Å². The van der Waals surface area contributed by atoms with Crippen molar-refractivity contribution in [3.63, 3.8) is 0 Å². The third-order valence-electron chi connectivity index (χ3n) is 7.12. The van der Waals surface area contributed by atoms with Crippen LogP contribution in [0.2, 0.25) is 0 Å². The molecule has 1 fully saturated rings. The Hall–Kier alpha value is -2.40. The van der Waals surface area contributed by atoms with Crippen LogP contribution in [0.15, 0.2) is 42.5 Å². The molecule has 1 amide bonds. The van der Waals surface area contributed by atoms with Crippen LogP contribution in [0.1, 0.15) is 52.3 Å². The van der Waals surface area contributed by atoms with Crippen LogP contribution in [-0.2, 0) is 18.3 Å². The van der Waals surface area contributed by atoms with Gasteiger partial charge < -0.3 is 9.80 Å². The molecule has 40 heavy (non-hydrogen) atoms. The maximum absolute atomic E-state index is 11.6. The van der Waals surface area contributed by atoms with Gasteiger partial charge in [0.15, 0.2) is 0 Å². The molecule has 2 aliphatic rings. The molecule has 1 unspecified atom stereocenters. The van der Waals surface area contributed by atoms with Crippen LogP contribution in [0, 0.1) is 48.2 Å². The summed E-state index contributed by atoms with van der Waals surface area (Å²) in [4.78, 5) is 16.4. The third kappa shape index (κ3) is 6.90. The fraction of sp³-hybridized carbons (Fsp3) is 0.344. The number of carbonyl (C=O) groups excluding carboxylic acids is 1. The van der Waals surface area contributed by atoms with Crippen LogP contribution in [0.3, 0.4) is 0 Å². The summed E-state index contributed by atoms with van der Waals surface area (Å²) in [7, 11) is 11.7. The minimum absolute atomic E-state index is 0.108. The number of halogens is 2. The largest absolute Gasteiger partial charge is 0.502 e. The normalized spacial score (nSPS) is 16.5. The second-order valence-corrected chi connectivity index (χ2v) is 16.3. The number of nitrogens with zero attached hydrogens (tertiary/aromatic N) is 2. The summed E-state index contributed by atoms with van der Waals surface area (Å²) in [6.07, 6.45) is 0.186. The first-order valence-electron chi connectivity index (χ1n) is 13.5. The van der Waals surface area contributed by atoms with Gasteiger partial charge in [-0.3, -0.25) is 0 Å².